The van der Waals surface area contributed by atoms with Crippen LogP contribution in [0.25, 0.3) is 10.6 Å². The minimum Gasteiger partial charge on any atom is -0.286 e. The quantitative estimate of drug-likeness (QED) is 0.548. The number of hydrogen-bond acceptors (Lipinski definition) is 4. The van der Waals surface area contributed by atoms with E-state index in [0.717, 1.165) is 15.0 Å². The molecule has 0 fully saturated rings. The summed E-state index contributed by atoms with van der Waals surface area (Å²) in [5.41, 5.74) is 2.88. The van der Waals surface area contributed by atoms with Gasteiger partial charge in [-0.3, -0.25) is 9.69 Å². The Morgan fingerprint density at radius 2 is 1.62 bits per heavy atom. The topological polar surface area (TPSA) is 46.1 Å². The fourth-order valence-corrected chi connectivity index (χ4v) is 3.53. The Morgan fingerprint density at radius 3 is 2.19 bits per heavy atom. The molecule has 0 saturated heterocycles. The van der Waals surface area contributed by atoms with Crippen LogP contribution in [-0.4, -0.2) is 23.2 Å². The third-order valence-electron chi connectivity index (χ3n) is 4.09. The van der Waals surface area contributed by atoms with Crippen LogP contribution < -0.4 is 4.90 Å². The molecule has 0 N–H and O–H groups in total. The summed E-state index contributed by atoms with van der Waals surface area (Å²) in [4.78, 5) is 14.3. The Bertz CT molecular complexity index is 911. The molecule has 0 aliphatic carbocycles. The molecular weight excluding hydrogens is 410 g/mol. The Balaban J connectivity index is 1.79. The average molecular weight is 430 g/mol. The van der Waals surface area contributed by atoms with E-state index in [1.54, 1.807) is 11.9 Å². The third kappa shape index (κ3) is 4.02. The molecule has 0 saturated carbocycles. The summed E-state index contributed by atoms with van der Waals surface area (Å²) in [5.74, 6) is -0.0936. The first-order valence-corrected chi connectivity index (χ1v) is 9.85. The van der Waals surface area contributed by atoms with Crippen LogP contribution in [0.5, 0.6) is 0 Å². The molecule has 0 aliphatic rings. The number of rotatable bonds is 3. The van der Waals surface area contributed by atoms with Crippen LogP contribution in [0.3, 0.4) is 0 Å². The summed E-state index contributed by atoms with van der Waals surface area (Å²) in [6.07, 6.45) is 0. The number of benzene rings is 2. The minimum atomic E-state index is -0.0936. The molecule has 1 amide bonds. The van der Waals surface area contributed by atoms with E-state index in [1.807, 2.05) is 48.5 Å². The normalized spacial score (nSPS) is 11.4. The number of halogens is 1. The Hall–Kier alpha value is -2.05. The monoisotopic (exact) mass is 429 g/mol. The van der Waals surface area contributed by atoms with Crippen molar-refractivity contribution in [3.05, 3.63) is 64.1 Å². The van der Waals surface area contributed by atoms with Crippen molar-refractivity contribution >= 4 is 38.3 Å². The van der Waals surface area contributed by atoms with Gasteiger partial charge in [0.2, 0.25) is 5.13 Å². The van der Waals surface area contributed by atoms with Gasteiger partial charge in [-0.05, 0) is 35.2 Å². The number of aromatic nitrogens is 2. The summed E-state index contributed by atoms with van der Waals surface area (Å²) >= 11 is 4.82. The van der Waals surface area contributed by atoms with Crippen LogP contribution in [0.15, 0.2) is 53.0 Å². The first-order chi connectivity index (χ1) is 12.3. The molecule has 0 spiro atoms. The Morgan fingerprint density at radius 1 is 1.00 bits per heavy atom. The lowest BCUT2D eigenvalue weighted by Gasteiger charge is -2.19. The second kappa shape index (κ2) is 7.29. The lowest BCUT2D eigenvalue weighted by atomic mass is 9.86. The van der Waals surface area contributed by atoms with Gasteiger partial charge < -0.3 is 0 Å². The zero-order chi connectivity index (χ0) is 18.9. The van der Waals surface area contributed by atoms with Gasteiger partial charge in [0.1, 0.15) is 5.01 Å². The van der Waals surface area contributed by atoms with Gasteiger partial charge in [0.15, 0.2) is 0 Å². The Kier molecular flexibility index (Phi) is 5.25. The van der Waals surface area contributed by atoms with Crippen molar-refractivity contribution in [1.82, 2.24) is 10.2 Å². The van der Waals surface area contributed by atoms with E-state index >= 15 is 0 Å². The van der Waals surface area contributed by atoms with Gasteiger partial charge in [0.25, 0.3) is 5.91 Å². The first kappa shape index (κ1) is 18.7. The van der Waals surface area contributed by atoms with Gasteiger partial charge in [-0.25, -0.2) is 0 Å². The van der Waals surface area contributed by atoms with Gasteiger partial charge in [0.05, 0.1) is 0 Å². The molecule has 0 radical (unpaired) electrons. The number of carbonyl (C=O) groups excluding carboxylic acids is 1. The van der Waals surface area contributed by atoms with Gasteiger partial charge >= 0.3 is 0 Å². The van der Waals surface area contributed by atoms with Crippen molar-refractivity contribution in [2.24, 2.45) is 0 Å². The number of hydrogen-bond donors (Lipinski definition) is 0. The van der Waals surface area contributed by atoms with Crippen molar-refractivity contribution in [2.45, 2.75) is 26.2 Å². The van der Waals surface area contributed by atoms with Crippen molar-refractivity contribution < 1.29 is 4.79 Å². The standard InChI is InChI=1S/C20H20BrN3OS/c1-20(2,3)15-9-5-14(6-10-15)18(25)24(4)19-23-22-17(26-19)13-7-11-16(21)12-8-13/h5-12H,1-4H3. The number of nitrogens with zero attached hydrogens (tertiary/aromatic N) is 3. The molecule has 3 aromatic rings. The van der Waals surface area contributed by atoms with E-state index in [9.17, 15) is 4.79 Å². The third-order valence-corrected chi connectivity index (χ3v) is 5.67. The summed E-state index contributed by atoms with van der Waals surface area (Å²) in [7, 11) is 1.73. The van der Waals surface area contributed by atoms with Crippen LogP contribution in [0.2, 0.25) is 0 Å². The molecule has 6 heteroatoms. The van der Waals surface area contributed by atoms with E-state index in [1.165, 1.54) is 16.9 Å². The van der Waals surface area contributed by atoms with E-state index in [2.05, 4.69) is 46.9 Å². The lowest BCUT2D eigenvalue weighted by Crippen LogP contribution is -2.26. The fraction of sp³-hybridized carbons (Fsp3) is 0.250. The Labute approximate surface area is 166 Å². The second-order valence-corrected chi connectivity index (χ2v) is 8.96. The number of anilines is 1. The van der Waals surface area contributed by atoms with Crippen molar-refractivity contribution in [3.63, 3.8) is 0 Å². The highest BCUT2D eigenvalue weighted by molar-refractivity contribution is 9.10. The van der Waals surface area contributed by atoms with Gasteiger partial charge in [-0.2, -0.15) is 0 Å². The van der Waals surface area contributed by atoms with Gasteiger partial charge in [0, 0.05) is 22.6 Å². The maximum absolute atomic E-state index is 12.8. The highest BCUT2D eigenvalue weighted by Crippen LogP contribution is 2.30. The summed E-state index contributed by atoms with van der Waals surface area (Å²) < 4.78 is 1.01. The first-order valence-electron chi connectivity index (χ1n) is 8.24. The smallest absolute Gasteiger partial charge is 0.259 e. The maximum atomic E-state index is 12.8. The zero-order valence-electron chi connectivity index (χ0n) is 15.2. The van der Waals surface area contributed by atoms with Crippen molar-refractivity contribution in [3.8, 4) is 10.6 Å². The second-order valence-electron chi connectivity index (χ2n) is 7.09. The molecule has 3 rings (SSSR count). The molecule has 1 heterocycles. The van der Waals surface area contributed by atoms with Gasteiger partial charge in [-0.1, -0.05) is 72.3 Å². The summed E-state index contributed by atoms with van der Waals surface area (Å²) in [6.45, 7) is 6.46. The highest BCUT2D eigenvalue weighted by Gasteiger charge is 2.19. The zero-order valence-corrected chi connectivity index (χ0v) is 17.6. The van der Waals surface area contributed by atoms with E-state index in [-0.39, 0.29) is 11.3 Å². The lowest BCUT2D eigenvalue weighted by molar-refractivity contribution is 0.0993. The number of carbonyl (C=O) groups is 1. The molecule has 2 aromatic carbocycles. The largest absolute Gasteiger partial charge is 0.286 e. The molecule has 4 nitrogen and oxygen atoms in total. The molecule has 1 aromatic heterocycles. The van der Waals surface area contributed by atoms with Crippen molar-refractivity contribution in [1.29, 1.82) is 0 Å². The van der Waals surface area contributed by atoms with Crippen molar-refractivity contribution in [2.75, 3.05) is 11.9 Å². The molecule has 26 heavy (non-hydrogen) atoms. The predicted molar refractivity (Wildman–Crippen MR) is 111 cm³/mol. The van der Waals surface area contributed by atoms with Crippen LogP contribution in [-0.2, 0) is 5.41 Å². The van der Waals surface area contributed by atoms with Gasteiger partial charge in [-0.15, -0.1) is 10.2 Å². The predicted octanol–water partition coefficient (Wildman–Crippen LogP) is 5.54. The maximum Gasteiger partial charge on any atom is 0.259 e. The van der Waals surface area contributed by atoms with Crippen LogP contribution in [0.1, 0.15) is 36.7 Å². The van der Waals surface area contributed by atoms with Crippen LogP contribution in [0.4, 0.5) is 5.13 Å². The molecule has 0 bridgehead atoms. The molecular formula is C20H20BrN3OS. The highest BCUT2D eigenvalue weighted by atomic mass is 79.9. The molecule has 134 valence electrons. The molecule has 0 atom stereocenters. The summed E-state index contributed by atoms with van der Waals surface area (Å²) in [5, 5.41) is 9.76. The minimum absolute atomic E-state index is 0.0618. The molecule has 0 unspecified atom stereocenters. The average Bonchev–Trinajstić information content (AvgIpc) is 3.10. The number of amides is 1. The SMILES string of the molecule is CN(C(=O)c1ccc(C(C)(C)C)cc1)c1nnc(-c2ccc(Br)cc2)s1. The van der Waals surface area contributed by atoms with Crippen LogP contribution >= 0.6 is 27.3 Å². The molecule has 0 aliphatic heterocycles. The van der Waals surface area contributed by atoms with Crippen LogP contribution in [0, 0.1) is 0 Å². The fourth-order valence-electron chi connectivity index (χ4n) is 2.45. The van der Waals surface area contributed by atoms with E-state index in [0.29, 0.717) is 10.7 Å². The van der Waals surface area contributed by atoms with E-state index in [4.69, 9.17) is 0 Å². The summed E-state index contributed by atoms with van der Waals surface area (Å²) in [6, 6.07) is 15.6. The van der Waals surface area contributed by atoms with E-state index < -0.39 is 0 Å².